The van der Waals surface area contributed by atoms with Crippen LogP contribution in [0.15, 0.2) is 29.8 Å². The van der Waals surface area contributed by atoms with Gasteiger partial charge in [0.2, 0.25) is 5.95 Å². The maximum Gasteiger partial charge on any atom is 0.201 e. The van der Waals surface area contributed by atoms with E-state index >= 15 is 0 Å². The Morgan fingerprint density at radius 2 is 2.32 bits per heavy atom. The Labute approximate surface area is 119 Å². The number of hydrogen-bond donors (Lipinski definition) is 1. The summed E-state index contributed by atoms with van der Waals surface area (Å²) < 4.78 is 2.03. The van der Waals surface area contributed by atoms with Crippen molar-refractivity contribution in [1.82, 2.24) is 14.5 Å². The van der Waals surface area contributed by atoms with Crippen LogP contribution < -0.4 is 5.73 Å². The van der Waals surface area contributed by atoms with Gasteiger partial charge in [0, 0.05) is 16.6 Å². The Hall–Kier alpha value is -1.59. The van der Waals surface area contributed by atoms with E-state index in [1.54, 1.807) is 11.3 Å². The van der Waals surface area contributed by atoms with Crippen LogP contribution in [0.1, 0.15) is 24.4 Å². The number of fused-ring (bicyclic) bond motifs is 1. The van der Waals surface area contributed by atoms with Crippen molar-refractivity contribution in [3.05, 3.63) is 39.8 Å². The zero-order valence-electron chi connectivity index (χ0n) is 10.4. The van der Waals surface area contributed by atoms with Gasteiger partial charge in [-0.2, -0.15) is 0 Å². The standard InChI is InChI=1S/C13H13ClN4S/c1-2-10(12-16-5-6-19-12)18-11-4-3-8(14)7-9(11)17-13(18)15/h3-7,10H,2H2,1H3,(H2,15,17). The third-order valence-corrected chi connectivity index (χ3v) is 4.23. The summed E-state index contributed by atoms with van der Waals surface area (Å²) in [6, 6.07) is 5.76. The molecule has 2 N–H and O–H groups in total. The van der Waals surface area contributed by atoms with Gasteiger partial charge in [-0.05, 0) is 24.6 Å². The lowest BCUT2D eigenvalue weighted by Crippen LogP contribution is -2.12. The molecule has 6 heteroatoms. The number of benzene rings is 1. The molecule has 19 heavy (non-hydrogen) atoms. The van der Waals surface area contributed by atoms with E-state index in [1.807, 2.05) is 34.3 Å². The molecule has 0 amide bonds. The fraction of sp³-hybridized carbons (Fsp3) is 0.231. The summed E-state index contributed by atoms with van der Waals surface area (Å²) in [7, 11) is 0. The molecule has 3 rings (SSSR count). The van der Waals surface area contributed by atoms with E-state index in [2.05, 4.69) is 16.9 Å². The van der Waals surface area contributed by atoms with Crippen molar-refractivity contribution in [3.8, 4) is 0 Å². The fourth-order valence-corrected chi connectivity index (χ4v) is 3.26. The molecule has 1 unspecified atom stereocenters. The number of thiazole rings is 1. The van der Waals surface area contributed by atoms with Gasteiger partial charge in [0.1, 0.15) is 5.01 Å². The van der Waals surface area contributed by atoms with Crippen LogP contribution in [0.25, 0.3) is 11.0 Å². The monoisotopic (exact) mass is 292 g/mol. The summed E-state index contributed by atoms with van der Waals surface area (Å²) in [4.78, 5) is 8.78. The number of anilines is 1. The molecule has 0 aliphatic heterocycles. The molecule has 2 aromatic heterocycles. The third kappa shape index (κ3) is 2.09. The van der Waals surface area contributed by atoms with Crippen LogP contribution in [0, 0.1) is 0 Å². The first-order chi connectivity index (χ1) is 9.20. The summed E-state index contributed by atoms with van der Waals surface area (Å²) in [6.45, 7) is 2.12. The van der Waals surface area contributed by atoms with Gasteiger partial charge in [0.25, 0.3) is 0 Å². The van der Waals surface area contributed by atoms with E-state index in [9.17, 15) is 0 Å². The van der Waals surface area contributed by atoms with Gasteiger partial charge in [0.15, 0.2) is 0 Å². The molecular formula is C13H13ClN4S. The molecule has 0 saturated carbocycles. The summed E-state index contributed by atoms with van der Waals surface area (Å²) in [5.41, 5.74) is 7.88. The number of imidazole rings is 1. The van der Waals surface area contributed by atoms with E-state index < -0.39 is 0 Å². The van der Waals surface area contributed by atoms with Crippen LogP contribution in [0.2, 0.25) is 5.02 Å². The van der Waals surface area contributed by atoms with Gasteiger partial charge in [-0.3, -0.25) is 0 Å². The molecule has 98 valence electrons. The highest BCUT2D eigenvalue weighted by Gasteiger charge is 2.20. The van der Waals surface area contributed by atoms with Crippen LogP contribution >= 0.6 is 22.9 Å². The van der Waals surface area contributed by atoms with Crippen molar-refractivity contribution in [2.45, 2.75) is 19.4 Å². The van der Waals surface area contributed by atoms with Gasteiger partial charge >= 0.3 is 0 Å². The lowest BCUT2D eigenvalue weighted by Gasteiger charge is -2.16. The van der Waals surface area contributed by atoms with Crippen LogP contribution in [-0.4, -0.2) is 14.5 Å². The van der Waals surface area contributed by atoms with Gasteiger partial charge in [0.05, 0.1) is 17.1 Å². The van der Waals surface area contributed by atoms with Crippen molar-refractivity contribution in [3.63, 3.8) is 0 Å². The smallest absolute Gasteiger partial charge is 0.201 e. The highest BCUT2D eigenvalue weighted by atomic mass is 35.5. The Morgan fingerprint density at radius 1 is 1.47 bits per heavy atom. The minimum absolute atomic E-state index is 0.117. The maximum absolute atomic E-state index is 6.07. The molecule has 0 radical (unpaired) electrons. The molecule has 4 nitrogen and oxygen atoms in total. The van der Waals surface area contributed by atoms with Gasteiger partial charge in [-0.25, -0.2) is 9.97 Å². The first-order valence-electron chi connectivity index (χ1n) is 6.03. The van der Waals surface area contributed by atoms with Crippen molar-refractivity contribution >= 4 is 39.9 Å². The van der Waals surface area contributed by atoms with Crippen molar-refractivity contribution < 1.29 is 0 Å². The highest BCUT2D eigenvalue weighted by Crippen LogP contribution is 2.31. The van der Waals surface area contributed by atoms with E-state index in [0.29, 0.717) is 11.0 Å². The molecule has 0 saturated heterocycles. The quantitative estimate of drug-likeness (QED) is 0.800. The second kappa shape index (κ2) is 4.83. The highest BCUT2D eigenvalue weighted by molar-refractivity contribution is 7.09. The first kappa shape index (κ1) is 12.4. The minimum atomic E-state index is 0.117. The lowest BCUT2D eigenvalue weighted by molar-refractivity contribution is 0.585. The molecule has 1 aromatic carbocycles. The number of halogens is 1. The van der Waals surface area contributed by atoms with Crippen molar-refractivity contribution in [2.24, 2.45) is 0 Å². The van der Waals surface area contributed by atoms with E-state index in [-0.39, 0.29) is 6.04 Å². The topological polar surface area (TPSA) is 56.7 Å². The lowest BCUT2D eigenvalue weighted by atomic mass is 10.2. The van der Waals surface area contributed by atoms with Crippen molar-refractivity contribution in [1.29, 1.82) is 0 Å². The summed E-state index contributed by atoms with van der Waals surface area (Å²) in [5, 5.41) is 3.69. The number of aromatic nitrogens is 3. The van der Waals surface area contributed by atoms with Crippen molar-refractivity contribution in [2.75, 3.05) is 5.73 Å². The minimum Gasteiger partial charge on any atom is -0.369 e. The van der Waals surface area contributed by atoms with E-state index in [4.69, 9.17) is 17.3 Å². The SMILES string of the molecule is CCC(c1nccs1)n1c(N)nc2cc(Cl)ccc21. The number of nitrogens with zero attached hydrogens (tertiary/aromatic N) is 3. The van der Waals surface area contributed by atoms with Gasteiger partial charge in [-0.15, -0.1) is 11.3 Å². The van der Waals surface area contributed by atoms with Crippen LogP contribution in [0.3, 0.4) is 0 Å². The number of nitrogens with two attached hydrogens (primary N) is 1. The molecule has 0 aliphatic carbocycles. The normalized spacial score (nSPS) is 12.9. The Balaban J connectivity index is 2.21. The largest absolute Gasteiger partial charge is 0.369 e. The third-order valence-electron chi connectivity index (χ3n) is 3.11. The predicted molar refractivity (Wildman–Crippen MR) is 79.7 cm³/mol. The number of rotatable bonds is 3. The summed E-state index contributed by atoms with van der Waals surface area (Å²) in [5.74, 6) is 0.499. The Morgan fingerprint density at radius 3 is 3.00 bits per heavy atom. The molecular weight excluding hydrogens is 280 g/mol. The average Bonchev–Trinajstić information content (AvgIpc) is 2.99. The zero-order valence-corrected chi connectivity index (χ0v) is 11.9. The van der Waals surface area contributed by atoms with E-state index in [1.165, 1.54) is 0 Å². The molecule has 0 aliphatic rings. The molecule has 1 atom stereocenters. The fourth-order valence-electron chi connectivity index (χ4n) is 2.28. The molecule has 3 aromatic rings. The average molecular weight is 293 g/mol. The van der Waals surface area contributed by atoms with Crippen LogP contribution in [-0.2, 0) is 0 Å². The predicted octanol–water partition coefficient (Wildman–Crippen LogP) is 3.73. The Kier molecular flexibility index (Phi) is 3.16. The summed E-state index contributed by atoms with van der Waals surface area (Å²) >= 11 is 7.63. The molecule has 0 fully saturated rings. The van der Waals surface area contributed by atoms with Gasteiger partial charge < -0.3 is 10.3 Å². The van der Waals surface area contributed by atoms with Gasteiger partial charge in [-0.1, -0.05) is 18.5 Å². The molecule has 2 heterocycles. The Bertz CT molecular complexity index is 705. The second-order valence-corrected chi connectivity index (χ2v) is 5.63. The number of hydrogen-bond acceptors (Lipinski definition) is 4. The number of nitrogen functional groups attached to an aromatic ring is 1. The molecule has 0 spiro atoms. The second-order valence-electron chi connectivity index (χ2n) is 4.27. The summed E-state index contributed by atoms with van der Waals surface area (Å²) in [6.07, 6.45) is 2.72. The van der Waals surface area contributed by atoms with E-state index in [0.717, 1.165) is 22.5 Å². The molecule has 0 bridgehead atoms. The first-order valence-corrected chi connectivity index (χ1v) is 7.28. The van der Waals surface area contributed by atoms with Crippen LogP contribution in [0.4, 0.5) is 5.95 Å². The van der Waals surface area contributed by atoms with Crippen LogP contribution in [0.5, 0.6) is 0 Å². The zero-order chi connectivity index (χ0) is 13.4. The maximum atomic E-state index is 6.07.